The van der Waals surface area contributed by atoms with Crippen molar-refractivity contribution in [2.45, 2.75) is 6.92 Å². The monoisotopic (exact) mass is 384 g/mol. The maximum absolute atomic E-state index is 12.0. The van der Waals surface area contributed by atoms with E-state index in [1.54, 1.807) is 24.3 Å². The molecule has 4 nitrogen and oxygen atoms in total. The third kappa shape index (κ3) is 2.64. The van der Waals surface area contributed by atoms with E-state index >= 15 is 0 Å². The molecule has 0 spiro atoms. The Labute approximate surface area is 127 Å². The van der Waals surface area contributed by atoms with Crippen LogP contribution in [0.2, 0.25) is 0 Å². The zero-order valence-electron chi connectivity index (χ0n) is 9.94. The molecule has 0 unspecified atom stereocenters. The number of aryl methyl sites for hydroxylation is 1. The third-order valence-electron chi connectivity index (χ3n) is 2.58. The number of aromatic nitrogens is 1. The molecule has 1 amide bonds. The minimum Gasteiger partial charge on any atom is -0.441 e. The highest BCUT2D eigenvalue weighted by atomic mass is 127. The van der Waals surface area contributed by atoms with E-state index in [2.05, 4.69) is 32.9 Å². The molecule has 19 heavy (non-hydrogen) atoms. The van der Waals surface area contributed by atoms with Crippen LogP contribution in [0.4, 0.5) is 5.69 Å². The molecule has 1 aromatic carbocycles. The molecule has 0 aliphatic carbocycles. The summed E-state index contributed by atoms with van der Waals surface area (Å²) < 4.78 is 6.48. The normalized spacial score (nSPS) is 10.8. The van der Waals surface area contributed by atoms with Crippen LogP contribution in [-0.4, -0.2) is 10.9 Å². The molecule has 0 saturated heterocycles. The third-order valence-corrected chi connectivity index (χ3v) is 4.37. The van der Waals surface area contributed by atoms with Gasteiger partial charge in [0.2, 0.25) is 0 Å². The largest absolute Gasteiger partial charge is 0.441 e. The number of fused-ring (bicyclic) bond motifs is 1. The molecular formula is C13H9IN2O2S. The summed E-state index contributed by atoms with van der Waals surface area (Å²) in [7, 11) is 0. The average molecular weight is 384 g/mol. The number of amides is 1. The second kappa shape index (κ2) is 4.93. The van der Waals surface area contributed by atoms with E-state index < -0.39 is 0 Å². The van der Waals surface area contributed by atoms with Crippen molar-refractivity contribution in [1.29, 1.82) is 0 Å². The summed E-state index contributed by atoms with van der Waals surface area (Å²) in [5.74, 6) is 0.504. The van der Waals surface area contributed by atoms with Crippen molar-refractivity contribution in [2.24, 2.45) is 0 Å². The van der Waals surface area contributed by atoms with Gasteiger partial charge < -0.3 is 9.73 Å². The second-order valence-electron chi connectivity index (χ2n) is 4.01. The van der Waals surface area contributed by atoms with Crippen LogP contribution in [-0.2, 0) is 0 Å². The van der Waals surface area contributed by atoms with Crippen molar-refractivity contribution in [3.63, 3.8) is 0 Å². The number of halogens is 1. The molecule has 0 fully saturated rings. The molecule has 6 heteroatoms. The lowest BCUT2D eigenvalue weighted by molar-refractivity contribution is 0.102. The highest BCUT2D eigenvalue weighted by molar-refractivity contribution is 14.1. The Morgan fingerprint density at radius 2 is 2.26 bits per heavy atom. The maximum atomic E-state index is 12.0. The van der Waals surface area contributed by atoms with Gasteiger partial charge in [0.15, 0.2) is 11.5 Å². The molecule has 96 valence electrons. The van der Waals surface area contributed by atoms with Gasteiger partial charge in [0.25, 0.3) is 5.91 Å². The molecule has 0 atom stereocenters. The van der Waals surface area contributed by atoms with Crippen molar-refractivity contribution in [3.8, 4) is 0 Å². The smallest absolute Gasteiger partial charge is 0.256 e. The fourth-order valence-corrected chi connectivity index (χ4v) is 3.08. The highest BCUT2D eigenvalue weighted by Gasteiger charge is 2.09. The highest BCUT2D eigenvalue weighted by Crippen LogP contribution is 2.21. The lowest BCUT2D eigenvalue weighted by Gasteiger charge is -2.02. The lowest BCUT2D eigenvalue weighted by atomic mass is 10.2. The summed E-state index contributed by atoms with van der Waals surface area (Å²) >= 11 is 3.74. The van der Waals surface area contributed by atoms with Crippen LogP contribution in [0.3, 0.4) is 0 Å². The zero-order valence-corrected chi connectivity index (χ0v) is 12.9. The number of rotatable bonds is 2. The number of carbonyl (C=O) groups excluding carboxylic acids is 1. The summed E-state index contributed by atoms with van der Waals surface area (Å²) in [6.45, 7) is 1.80. The number of benzene rings is 1. The topological polar surface area (TPSA) is 55.1 Å². The van der Waals surface area contributed by atoms with Gasteiger partial charge >= 0.3 is 0 Å². The van der Waals surface area contributed by atoms with E-state index in [1.165, 1.54) is 0 Å². The fraction of sp³-hybridized carbons (Fsp3) is 0.0769. The number of hydrogen-bond acceptors (Lipinski definition) is 4. The minimum absolute atomic E-state index is 0.112. The molecule has 0 aliphatic rings. The summed E-state index contributed by atoms with van der Waals surface area (Å²) in [5, 5.41) is 4.70. The molecule has 3 rings (SSSR count). The Morgan fingerprint density at radius 3 is 3.00 bits per heavy atom. The number of anilines is 1. The SMILES string of the molecule is Cc1nc2cc(NC(=O)c3csc(I)c3)ccc2o1. The molecule has 3 aromatic rings. The maximum Gasteiger partial charge on any atom is 0.256 e. The Kier molecular flexibility index (Phi) is 3.28. The second-order valence-corrected chi connectivity index (χ2v) is 6.81. The van der Waals surface area contributed by atoms with E-state index in [0.29, 0.717) is 17.1 Å². The summed E-state index contributed by atoms with van der Waals surface area (Å²) in [6, 6.07) is 7.28. The van der Waals surface area contributed by atoms with E-state index in [0.717, 1.165) is 14.0 Å². The molecule has 1 N–H and O–H groups in total. The first kappa shape index (κ1) is 12.6. The summed E-state index contributed by atoms with van der Waals surface area (Å²) in [4.78, 5) is 16.3. The van der Waals surface area contributed by atoms with Crippen LogP contribution in [0.15, 0.2) is 34.1 Å². The van der Waals surface area contributed by atoms with Crippen molar-refractivity contribution in [1.82, 2.24) is 4.98 Å². The van der Waals surface area contributed by atoms with Gasteiger partial charge in [0, 0.05) is 18.0 Å². The van der Waals surface area contributed by atoms with Crippen LogP contribution in [0.5, 0.6) is 0 Å². The number of nitrogens with one attached hydrogen (secondary N) is 1. The Bertz CT molecular complexity index is 763. The first-order valence-corrected chi connectivity index (χ1v) is 7.50. The van der Waals surface area contributed by atoms with Crippen LogP contribution in [0.25, 0.3) is 11.1 Å². The molecule has 2 aromatic heterocycles. The Hall–Kier alpha value is -1.41. The van der Waals surface area contributed by atoms with E-state index in [4.69, 9.17) is 4.42 Å². The predicted molar refractivity (Wildman–Crippen MR) is 83.7 cm³/mol. The molecule has 0 aliphatic heterocycles. The van der Waals surface area contributed by atoms with Crippen molar-refractivity contribution in [2.75, 3.05) is 5.32 Å². The Balaban J connectivity index is 1.86. The lowest BCUT2D eigenvalue weighted by Crippen LogP contribution is -2.10. The molecule has 0 bridgehead atoms. The summed E-state index contributed by atoms with van der Waals surface area (Å²) in [5.41, 5.74) is 2.86. The number of nitrogens with zero attached hydrogens (tertiary/aromatic N) is 1. The van der Waals surface area contributed by atoms with Gasteiger partial charge in [-0.25, -0.2) is 4.98 Å². The van der Waals surface area contributed by atoms with Gasteiger partial charge in [-0.1, -0.05) is 0 Å². The summed E-state index contributed by atoms with van der Waals surface area (Å²) in [6.07, 6.45) is 0. The van der Waals surface area contributed by atoms with Gasteiger partial charge in [-0.3, -0.25) is 4.79 Å². The van der Waals surface area contributed by atoms with Crippen molar-refractivity contribution >= 4 is 56.6 Å². The first-order valence-electron chi connectivity index (χ1n) is 5.54. The van der Waals surface area contributed by atoms with Crippen LogP contribution in [0, 0.1) is 9.81 Å². The van der Waals surface area contributed by atoms with Gasteiger partial charge in [-0.15, -0.1) is 11.3 Å². The standard InChI is InChI=1S/C13H9IN2O2S/c1-7-15-10-5-9(2-3-11(10)18-7)16-13(17)8-4-12(14)19-6-8/h2-6H,1H3,(H,16,17). The van der Waals surface area contributed by atoms with E-state index in [1.807, 2.05) is 23.6 Å². The van der Waals surface area contributed by atoms with Crippen molar-refractivity contribution < 1.29 is 9.21 Å². The quantitative estimate of drug-likeness (QED) is 0.679. The van der Waals surface area contributed by atoms with Crippen LogP contribution < -0.4 is 5.32 Å². The van der Waals surface area contributed by atoms with Gasteiger partial charge in [-0.2, -0.15) is 0 Å². The number of thiophene rings is 1. The molecule has 2 heterocycles. The van der Waals surface area contributed by atoms with Crippen LogP contribution >= 0.6 is 33.9 Å². The Morgan fingerprint density at radius 1 is 1.42 bits per heavy atom. The number of carbonyl (C=O) groups is 1. The number of oxazole rings is 1. The van der Waals surface area contributed by atoms with Gasteiger partial charge in [0.1, 0.15) is 5.52 Å². The van der Waals surface area contributed by atoms with Crippen molar-refractivity contribution in [3.05, 3.63) is 44.0 Å². The average Bonchev–Trinajstić information content (AvgIpc) is 2.93. The van der Waals surface area contributed by atoms with Crippen LogP contribution in [0.1, 0.15) is 16.2 Å². The first-order chi connectivity index (χ1) is 9.11. The van der Waals surface area contributed by atoms with E-state index in [9.17, 15) is 4.79 Å². The fourth-order valence-electron chi connectivity index (χ4n) is 1.75. The van der Waals surface area contributed by atoms with Gasteiger partial charge in [0.05, 0.1) is 8.45 Å². The number of hydrogen-bond donors (Lipinski definition) is 1. The molecular weight excluding hydrogens is 375 g/mol. The van der Waals surface area contributed by atoms with E-state index in [-0.39, 0.29) is 5.91 Å². The molecule has 0 radical (unpaired) electrons. The minimum atomic E-state index is -0.112. The zero-order chi connectivity index (χ0) is 13.4. The predicted octanol–water partition coefficient (Wildman–Crippen LogP) is 4.05. The molecule has 0 saturated carbocycles. The van der Waals surface area contributed by atoms with Gasteiger partial charge in [-0.05, 0) is 46.9 Å².